The molecule has 0 bridgehead atoms. The van der Waals surface area contributed by atoms with Crippen molar-refractivity contribution in [1.29, 1.82) is 0 Å². The number of benzene rings is 2. The number of hydrogen-bond acceptors (Lipinski definition) is 3. The molecule has 3 rings (SSSR count). The maximum atomic E-state index is 12.2. The molecule has 0 N–H and O–H groups in total. The molecule has 0 atom stereocenters. The molecule has 0 spiro atoms. The summed E-state index contributed by atoms with van der Waals surface area (Å²) in [4.78, 5) is 13.9. The van der Waals surface area contributed by atoms with Gasteiger partial charge in [0.2, 0.25) is 5.91 Å². The fourth-order valence-corrected chi connectivity index (χ4v) is 2.75. The third kappa shape index (κ3) is 5.42. The molecular weight excluding hydrogens is 336 g/mol. The maximum absolute atomic E-state index is 12.2. The first-order chi connectivity index (χ1) is 13.1. The second-order valence-corrected chi connectivity index (χ2v) is 6.65. The van der Waals surface area contributed by atoms with Gasteiger partial charge in [0, 0.05) is 37.7 Å². The van der Waals surface area contributed by atoms with E-state index in [1.54, 1.807) is 11.0 Å². The Kier molecular flexibility index (Phi) is 6.21. The first kappa shape index (κ1) is 18.6. The van der Waals surface area contributed by atoms with E-state index in [-0.39, 0.29) is 5.91 Å². The summed E-state index contributed by atoms with van der Waals surface area (Å²) >= 11 is 0. The number of aromatic nitrogens is 1. The van der Waals surface area contributed by atoms with Gasteiger partial charge in [-0.25, -0.2) is 0 Å². The molecule has 4 heteroatoms. The van der Waals surface area contributed by atoms with Gasteiger partial charge in [-0.2, -0.15) is 0 Å². The highest BCUT2D eigenvalue weighted by Crippen LogP contribution is 2.19. The van der Waals surface area contributed by atoms with E-state index in [2.05, 4.69) is 5.16 Å². The summed E-state index contributed by atoms with van der Waals surface area (Å²) in [5, 5.41) is 4.12. The van der Waals surface area contributed by atoms with Crippen LogP contribution in [0, 0.1) is 6.92 Å². The Morgan fingerprint density at radius 3 is 2.59 bits per heavy atom. The van der Waals surface area contributed by atoms with Gasteiger partial charge in [0.15, 0.2) is 0 Å². The average Bonchev–Trinajstić information content (AvgIpc) is 3.17. The van der Waals surface area contributed by atoms with Crippen LogP contribution in [0.15, 0.2) is 71.3 Å². The van der Waals surface area contributed by atoms with E-state index >= 15 is 0 Å². The molecule has 2 aromatic carbocycles. The zero-order valence-electron chi connectivity index (χ0n) is 15.8. The molecule has 0 fully saturated rings. The highest BCUT2D eigenvalue weighted by atomic mass is 16.5. The summed E-state index contributed by atoms with van der Waals surface area (Å²) in [6, 6.07) is 20.0. The van der Waals surface area contributed by atoms with Crippen LogP contribution in [0.2, 0.25) is 0 Å². The van der Waals surface area contributed by atoms with Gasteiger partial charge in [-0.1, -0.05) is 65.3 Å². The lowest BCUT2D eigenvalue weighted by Gasteiger charge is -2.14. The number of likely N-dealkylation sites (N-methyl/N-ethyl adjacent to an activating group) is 1. The number of carbonyl (C=O) groups is 1. The fraction of sp³-hybridized carbons (Fsp3) is 0.217. The first-order valence-electron chi connectivity index (χ1n) is 9.13. The van der Waals surface area contributed by atoms with Gasteiger partial charge in [-0.15, -0.1) is 0 Å². The molecule has 0 aliphatic rings. The summed E-state index contributed by atoms with van der Waals surface area (Å²) in [5.74, 6) is 0.836. The minimum Gasteiger partial charge on any atom is -0.361 e. The molecule has 1 amide bonds. The Bertz CT molecular complexity index is 896. The molecular formula is C23H24N2O2. The predicted octanol–water partition coefficient (Wildman–Crippen LogP) is 4.75. The topological polar surface area (TPSA) is 46.3 Å². The van der Waals surface area contributed by atoms with Crippen LogP contribution in [0.5, 0.6) is 0 Å². The van der Waals surface area contributed by atoms with Crippen molar-refractivity contribution in [3.63, 3.8) is 0 Å². The monoisotopic (exact) mass is 360 g/mol. The molecule has 0 aliphatic heterocycles. The average molecular weight is 360 g/mol. The molecule has 1 aromatic heterocycles. The number of aryl methyl sites for hydroxylation is 2. The highest BCUT2D eigenvalue weighted by Gasteiger charge is 2.08. The quantitative estimate of drug-likeness (QED) is 0.571. The maximum Gasteiger partial charge on any atom is 0.246 e. The van der Waals surface area contributed by atoms with E-state index in [1.165, 1.54) is 5.56 Å². The molecule has 0 aliphatic carbocycles. The predicted molar refractivity (Wildman–Crippen MR) is 108 cm³/mol. The second-order valence-electron chi connectivity index (χ2n) is 6.65. The van der Waals surface area contributed by atoms with E-state index in [4.69, 9.17) is 4.52 Å². The lowest BCUT2D eigenvalue weighted by Crippen LogP contribution is -2.26. The van der Waals surface area contributed by atoms with E-state index < -0.39 is 0 Å². The zero-order valence-corrected chi connectivity index (χ0v) is 15.8. The van der Waals surface area contributed by atoms with Gasteiger partial charge >= 0.3 is 0 Å². The number of carbonyl (C=O) groups excluding carboxylic acids is 1. The Labute approximate surface area is 160 Å². The molecule has 3 aromatic rings. The zero-order chi connectivity index (χ0) is 19.1. The summed E-state index contributed by atoms with van der Waals surface area (Å²) < 4.78 is 5.41. The summed E-state index contributed by atoms with van der Waals surface area (Å²) in [5.41, 5.74) is 4.12. The molecule has 4 nitrogen and oxygen atoms in total. The molecule has 0 saturated carbocycles. The van der Waals surface area contributed by atoms with Crippen molar-refractivity contribution >= 4 is 12.0 Å². The van der Waals surface area contributed by atoms with Crippen LogP contribution < -0.4 is 0 Å². The van der Waals surface area contributed by atoms with Crippen molar-refractivity contribution in [2.75, 3.05) is 13.6 Å². The Morgan fingerprint density at radius 1 is 1.11 bits per heavy atom. The Morgan fingerprint density at radius 2 is 1.85 bits per heavy atom. The Hall–Kier alpha value is -3.14. The van der Waals surface area contributed by atoms with Gasteiger partial charge in [-0.3, -0.25) is 4.79 Å². The molecule has 0 saturated heterocycles. The van der Waals surface area contributed by atoms with Crippen LogP contribution in [0.4, 0.5) is 0 Å². The van der Waals surface area contributed by atoms with E-state index in [1.807, 2.05) is 80.7 Å². The molecule has 27 heavy (non-hydrogen) atoms. The van der Waals surface area contributed by atoms with Crippen molar-refractivity contribution in [3.8, 4) is 11.3 Å². The van der Waals surface area contributed by atoms with Crippen molar-refractivity contribution in [3.05, 3.63) is 83.6 Å². The summed E-state index contributed by atoms with van der Waals surface area (Å²) in [7, 11) is 1.82. The summed E-state index contributed by atoms with van der Waals surface area (Å²) in [6.07, 6.45) is 5.04. The van der Waals surface area contributed by atoms with Crippen LogP contribution in [-0.4, -0.2) is 29.6 Å². The van der Waals surface area contributed by atoms with Crippen molar-refractivity contribution < 1.29 is 9.32 Å². The van der Waals surface area contributed by atoms with E-state index in [0.717, 1.165) is 35.4 Å². The van der Waals surface area contributed by atoms with Crippen molar-refractivity contribution in [2.24, 2.45) is 0 Å². The van der Waals surface area contributed by atoms with Gasteiger partial charge in [0.25, 0.3) is 0 Å². The lowest BCUT2D eigenvalue weighted by molar-refractivity contribution is -0.124. The van der Waals surface area contributed by atoms with Crippen LogP contribution in [-0.2, 0) is 11.2 Å². The van der Waals surface area contributed by atoms with Gasteiger partial charge < -0.3 is 9.42 Å². The minimum atomic E-state index is -0.00174. The standard InChI is InChI=1S/C23H24N2O2/c1-18-10-12-19(13-11-18)14-15-23(26)25(2)16-6-9-21-17-22(24-27-21)20-7-4-3-5-8-20/h3-5,7-8,10-15,17H,6,9,16H2,1-2H3/b15-14+. The number of rotatable bonds is 7. The van der Waals surface area contributed by atoms with E-state index in [0.29, 0.717) is 6.54 Å². The van der Waals surface area contributed by atoms with Crippen LogP contribution in [0.1, 0.15) is 23.3 Å². The Balaban J connectivity index is 1.46. The van der Waals surface area contributed by atoms with Crippen LogP contribution >= 0.6 is 0 Å². The number of amides is 1. The van der Waals surface area contributed by atoms with Gasteiger partial charge in [-0.05, 0) is 25.0 Å². The number of nitrogens with zero attached hydrogens (tertiary/aromatic N) is 2. The van der Waals surface area contributed by atoms with Crippen LogP contribution in [0.25, 0.3) is 17.3 Å². The van der Waals surface area contributed by atoms with Crippen molar-refractivity contribution in [2.45, 2.75) is 19.8 Å². The third-order valence-corrected chi connectivity index (χ3v) is 4.42. The van der Waals surface area contributed by atoms with Crippen molar-refractivity contribution in [1.82, 2.24) is 10.1 Å². The third-order valence-electron chi connectivity index (χ3n) is 4.42. The number of hydrogen-bond donors (Lipinski definition) is 0. The van der Waals surface area contributed by atoms with Gasteiger partial charge in [0.1, 0.15) is 11.5 Å². The molecule has 1 heterocycles. The largest absolute Gasteiger partial charge is 0.361 e. The molecule has 0 unspecified atom stereocenters. The normalized spacial score (nSPS) is 11.0. The fourth-order valence-electron chi connectivity index (χ4n) is 2.75. The van der Waals surface area contributed by atoms with Gasteiger partial charge in [0.05, 0.1) is 0 Å². The first-order valence-corrected chi connectivity index (χ1v) is 9.13. The highest BCUT2D eigenvalue weighted by molar-refractivity contribution is 5.91. The molecule has 138 valence electrons. The second kappa shape index (κ2) is 8.99. The minimum absolute atomic E-state index is 0.00174. The summed E-state index contributed by atoms with van der Waals surface area (Å²) in [6.45, 7) is 2.71. The smallest absolute Gasteiger partial charge is 0.246 e. The molecule has 0 radical (unpaired) electrons. The lowest BCUT2D eigenvalue weighted by atomic mass is 10.1. The van der Waals surface area contributed by atoms with Crippen LogP contribution in [0.3, 0.4) is 0 Å². The van der Waals surface area contributed by atoms with E-state index in [9.17, 15) is 4.79 Å². The SMILES string of the molecule is Cc1ccc(/C=C/C(=O)N(C)CCCc2cc(-c3ccccc3)no2)cc1.